The summed E-state index contributed by atoms with van der Waals surface area (Å²) in [6.45, 7) is 4.36. The molecule has 11 heteroatoms. The number of thioether (sulfide) groups is 1. The highest BCUT2D eigenvalue weighted by Crippen LogP contribution is 2.44. The van der Waals surface area contributed by atoms with Gasteiger partial charge in [0, 0.05) is 21.4 Å². The lowest BCUT2D eigenvalue weighted by molar-refractivity contribution is -0.132. The molecule has 232 valence electrons. The molecule has 1 fully saturated rings. The number of aliphatic hydroxyl groups is 1. The van der Waals surface area contributed by atoms with Gasteiger partial charge in [0.25, 0.3) is 5.78 Å². The molecule has 1 atom stereocenters. The van der Waals surface area contributed by atoms with Crippen molar-refractivity contribution in [1.82, 2.24) is 10.2 Å². The molecule has 46 heavy (non-hydrogen) atoms. The minimum absolute atomic E-state index is 0.0281. The van der Waals surface area contributed by atoms with E-state index in [0.717, 1.165) is 22.3 Å². The van der Waals surface area contributed by atoms with Crippen LogP contribution < -0.4 is 9.64 Å². The lowest BCUT2D eigenvalue weighted by atomic mass is 9.95. The predicted octanol–water partition coefficient (Wildman–Crippen LogP) is 8.96. The summed E-state index contributed by atoms with van der Waals surface area (Å²) in [7, 11) is 0. The van der Waals surface area contributed by atoms with Crippen LogP contribution in [0.3, 0.4) is 0 Å². The lowest BCUT2D eigenvalue weighted by Crippen LogP contribution is -2.29. The van der Waals surface area contributed by atoms with Gasteiger partial charge in [-0.2, -0.15) is 0 Å². The number of nitrogens with zero attached hydrogens (tertiary/aromatic N) is 3. The third-order valence-corrected chi connectivity index (χ3v) is 10.1. The number of aromatic nitrogens is 2. The molecule has 0 spiro atoms. The highest BCUT2D eigenvalue weighted by molar-refractivity contribution is 8.00. The summed E-state index contributed by atoms with van der Waals surface area (Å²) in [5.41, 5.74) is 5.08. The Morgan fingerprint density at radius 3 is 2.41 bits per heavy atom. The Balaban J connectivity index is 1.29. The van der Waals surface area contributed by atoms with Crippen molar-refractivity contribution in [3.63, 3.8) is 0 Å². The fourth-order valence-electron chi connectivity index (χ4n) is 5.06. The highest BCUT2D eigenvalue weighted by atomic mass is 35.5. The lowest BCUT2D eigenvalue weighted by Gasteiger charge is -2.22. The number of hydrogen-bond donors (Lipinski definition) is 1. The molecule has 0 bridgehead atoms. The van der Waals surface area contributed by atoms with Crippen molar-refractivity contribution in [3.8, 4) is 5.75 Å². The summed E-state index contributed by atoms with van der Waals surface area (Å²) in [5.74, 6) is -0.769. The fourth-order valence-corrected chi connectivity index (χ4v) is 7.49. The Bertz CT molecular complexity index is 1960. The van der Waals surface area contributed by atoms with Gasteiger partial charge in [0.15, 0.2) is 4.34 Å². The maximum absolute atomic E-state index is 13.6. The first-order valence-electron chi connectivity index (χ1n) is 14.2. The van der Waals surface area contributed by atoms with Crippen molar-refractivity contribution in [3.05, 3.63) is 140 Å². The molecule has 0 aliphatic carbocycles. The minimum Gasteiger partial charge on any atom is -0.507 e. The molecule has 5 aromatic rings. The van der Waals surface area contributed by atoms with Crippen LogP contribution in [0.15, 0.2) is 101 Å². The van der Waals surface area contributed by atoms with Gasteiger partial charge in [0.05, 0.1) is 11.6 Å². The molecule has 0 radical (unpaired) electrons. The molecule has 1 aromatic heterocycles. The second kappa shape index (κ2) is 13.7. The maximum Gasteiger partial charge on any atom is 0.301 e. The van der Waals surface area contributed by atoms with E-state index in [-0.39, 0.29) is 16.5 Å². The van der Waals surface area contributed by atoms with Gasteiger partial charge < -0.3 is 9.84 Å². The van der Waals surface area contributed by atoms with Gasteiger partial charge in [-0.05, 0) is 66.9 Å². The minimum atomic E-state index is -0.908. The Kier molecular flexibility index (Phi) is 9.47. The average Bonchev–Trinajstić information content (AvgIpc) is 3.61. The third kappa shape index (κ3) is 6.83. The van der Waals surface area contributed by atoms with Crippen molar-refractivity contribution in [2.75, 3.05) is 4.90 Å². The highest BCUT2D eigenvalue weighted by Gasteiger charge is 2.48. The summed E-state index contributed by atoms with van der Waals surface area (Å²) in [5, 5.41) is 21.4. The van der Waals surface area contributed by atoms with Gasteiger partial charge in [-0.15, -0.1) is 10.2 Å². The van der Waals surface area contributed by atoms with Gasteiger partial charge in [-0.1, -0.05) is 112 Å². The second-order valence-electron chi connectivity index (χ2n) is 10.8. The molecule has 1 aliphatic heterocycles. The molecule has 1 amide bonds. The molecule has 7 nitrogen and oxygen atoms in total. The molecular formula is C35H27Cl2N3O4S2. The van der Waals surface area contributed by atoms with Crippen LogP contribution in [0, 0.1) is 13.8 Å². The average molecular weight is 689 g/mol. The topological polar surface area (TPSA) is 92.6 Å². The molecule has 1 saturated heterocycles. The molecule has 0 saturated carbocycles. The number of ether oxygens (including phenoxy) is 1. The van der Waals surface area contributed by atoms with Crippen molar-refractivity contribution >= 4 is 68.9 Å². The Morgan fingerprint density at radius 2 is 1.70 bits per heavy atom. The van der Waals surface area contributed by atoms with E-state index in [2.05, 4.69) is 16.3 Å². The summed E-state index contributed by atoms with van der Waals surface area (Å²) in [6, 6.07) is 26.7. The van der Waals surface area contributed by atoms with Gasteiger partial charge >= 0.3 is 5.91 Å². The molecule has 1 unspecified atom stereocenters. The number of halogens is 2. The third-order valence-electron chi connectivity index (χ3n) is 7.42. The largest absolute Gasteiger partial charge is 0.507 e. The van der Waals surface area contributed by atoms with E-state index >= 15 is 0 Å². The smallest absolute Gasteiger partial charge is 0.301 e. The molecule has 1 aliphatic rings. The van der Waals surface area contributed by atoms with Crippen LogP contribution in [-0.4, -0.2) is 27.0 Å². The zero-order valence-corrected chi connectivity index (χ0v) is 27.9. The first kappa shape index (κ1) is 31.8. The molecule has 1 N–H and O–H groups in total. The first-order valence-corrected chi connectivity index (χ1v) is 16.8. The van der Waals surface area contributed by atoms with Crippen molar-refractivity contribution in [2.45, 2.75) is 36.6 Å². The molecule has 4 aromatic carbocycles. The standard InChI is InChI=1S/C35H27Cl2N3O4S2/c1-20-6-8-23(9-7-20)30-29(31(41)24-11-14-27(15-12-24)44-18-22-5-3-4-21(2)16-22)32(42)33(43)40(30)34-38-39-35(46-34)45-19-25-10-13-26(36)17-28(25)37/h3-17,30,41H,18-19H2,1-2H3. The summed E-state index contributed by atoms with van der Waals surface area (Å²) >= 11 is 14.9. The van der Waals surface area contributed by atoms with E-state index in [4.69, 9.17) is 27.9 Å². The monoisotopic (exact) mass is 687 g/mol. The number of amides is 1. The number of anilines is 1. The van der Waals surface area contributed by atoms with Crippen molar-refractivity contribution in [2.24, 2.45) is 0 Å². The fraction of sp³-hybridized carbons (Fsp3) is 0.143. The number of hydrogen-bond acceptors (Lipinski definition) is 8. The van der Waals surface area contributed by atoms with Crippen molar-refractivity contribution in [1.29, 1.82) is 0 Å². The summed E-state index contributed by atoms with van der Waals surface area (Å²) < 4.78 is 6.52. The van der Waals surface area contributed by atoms with Crippen molar-refractivity contribution < 1.29 is 19.4 Å². The van der Waals surface area contributed by atoms with Crippen LogP contribution in [-0.2, 0) is 21.9 Å². The summed E-state index contributed by atoms with van der Waals surface area (Å²) in [4.78, 5) is 28.5. The molecule has 2 heterocycles. The van der Waals surface area contributed by atoms with Crippen LogP contribution in [0.4, 0.5) is 5.13 Å². The quantitative estimate of drug-likeness (QED) is 0.0544. The number of benzene rings is 4. The van der Waals surface area contributed by atoms with E-state index in [1.807, 2.05) is 62.4 Å². The number of aliphatic hydroxyl groups excluding tert-OH is 1. The number of Topliss-reactive ketones (excluding diaryl/α,β-unsaturated/α-hetero) is 1. The van der Waals surface area contributed by atoms with E-state index < -0.39 is 17.7 Å². The SMILES string of the molecule is Cc1ccc(C2C(=C(O)c3ccc(OCc4cccc(C)c4)cc3)C(=O)C(=O)N2c2nnc(SCc3ccc(Cl)cc3Cl)s2)cc1. The Morgan fingerprint density at radius 1 is 0.935 bits per heavy atom. The number of carbonyl (C=O) groups is 2. The van der Waals surface area contributed by atoms with Crippen LogP contribution in [0.1, 0.15) is 39.4 Å². The van der Waals surface area contributed by atoms with E-state index in [1.54, 1.807) is 36.4 Å². The van der Waals surface area contributed by atoms with Gasteiger partial charge in [0.2, 0.25) is 5.13 Å². The zero-order valence-electron chi connectivity index (χ0n) is 24.7. The van der Waals surface area contributed by atoms with E-state index in [0.29, 0.717) is 43.6 Å². The second-order valence-corrected chi connectivity index (χ2v) is 13.8. The zero-order chi connectivity index (χ0) is 32.4. The first-order chi connectivity index (χ1) is 22.2. The number of aryl methyl sites for hydroxylation is 2. The number of carbonyl (C=O) groups excluding carboxylic acids is 2. The van der Waals surface area contributed by atoms with Crippen LogP contribution in [0.5, 0.6) is 5.75 Å². The Hall–Kier alpha value is -4.15. The number of rotatable bonds is 9. The molecular weight excluding hydrogens is 661 g/mol. The van der Waals surface area contributed by atoms with Gasteiger partial charge in [0.1, 0.15) is 18.1 Å². The maximum atomic E-state index is 13.6. The van der Waals surface area contributed by atoms with Crippen LogP contribution in [0.2, 0.25) is 10.0 Å². The Labute approximate surface area is 284 Å². The van der Waals surface area contributed by atoms with Gasteiger partial charge in [-0.3, -0.25) is 14.5 Å². The van der Waals surface area contributed by atoms with E-state index in [9.17, 15) is 14.7 Å². The summed E-state index contributed by atoms with van der Waals surface area (Å²) in [6.07, 6.45) is 0. The number of ketones is 1. The van der Waals surface area contributed by atoms with Crippen LogP contribution in [0.25, 0.3) is 5.76 Å². The van der Waals surface area contributed by atoms with Crippen LogP contribution >= 0.6 is 46.3 Å². The normalized spacial score (nSPS) is 15.8. The van der Waals surface area contributed by atoms with Gasteiger partial charge in [-0.25, -0.2) is 0 Å². The van der Waals surface area contributed by atoms with E-state index in [1.165, 1.54) is 28.0 Å². The molecule has 6 rings (SSSR count). The predicted molar refractivity (Wildman–Crippen MR) is 184 cm³/mol.